The van der Waals surface area contributed by atoms with E-state index < -0.39 is 0 Å². The molecule has 0 radical (unpaired) electrons. The summed E-state index contributed by atoms with van der Waals surface area (Å²) < 4.78 is 13.7. The van der Waals surface area contributed by atoms with Gasteiger partial charge in [0.2, 0.25) is 0 Å². The third-order valence-corrected chi connectivity index (χ3v) is 3.12. The Morgan fingerprint density at radius 2 is 2.12 bits per heavy atom. The number of hydrogen-bond acceptors (Lipinski definition) is 2. The number of rotatable bonds is 4. The van der Waals surface area contributed by atoms with Crippen molar-refractivity contribution in [2.45, 2.75) is 13.1 Å². The molecule has 1 N–H and O–H groups in total. The Balaban J connectivity index is 1.90. The van der Waals surface area contributed by atoms with E-state index in [9.17, 15) is 4.39 Å². The summed E-state index contributed by atoms with van der Waals surface area (Å²) in [6.07, 6.45) is 3.58. The summed E-state index contributed by atoms with van der Waals surface area (Å²) in [6, 6.07) is 8.63. The van der Waals surface area contributed by atoms with Crippen molar-refractivity contribution < 1.29 is 4.39 Å². The highest BCUT2D eigenvalue weighted by molar-refractivity contribution is 9.10. The Labute approximate surface area is 108 Å². The molecule has 0 spiro atoms. The fourth-order valence-electron chi connectivity index (χ4n) is 1.51. The summed E-state index contributed by atoms with van der Waals surface area (Å²) in [5, 5.41) is 3.29. The van der Waals surface area contributed by atoms with Crippen LogP contribution in [0.4, 0.5) is 4.39 Å². The average molecular weight is 295 g/mol. The maximum Gasteiger partial charge on any atom is 0.124 e. The van der Waals surface area contributed by atoms with Gasteiger partial charge >= 0.3 is 0 Å². The lowest BCUT2D eigenvalue weighted by Gasteiger charge is -2.06. The maximum absolute atomic E-state index is 12.9. The van der Waals surface area contributed by atoms with Crippen LogP contribution in [-0.2, 0) is 13.1 Å². The van der Waals surface area contributed by atoms with Crippen LogP contribution >= 0.6 is 15.9 Å². The predicted molar refractivity (Wildman–Crippen MR) is 68.9 cm³/mol. The van der Waals surface area contributed by atoms with Crippen LogP contribution < -0.4 is 5.32 Å². The molecule has 2 nitrogen and oxygen atoms in total. The minimum absolute atomic E-state index is 0.229. The fraction of sp³-hybridized carbons (Fsp3) is 0.154. The fourth-order valence-corrected chi connectivity index (χ4v) is 2.00. The van der Waals surface area contributed by atoms with E-state index in [1.54, 1.807) is 12.3 Å². The molecule has 0 aliphatic heterocycles. The van der Waals surface area contributed by atoms with Crippen molar-refractivity contribution in [2.75, 3.05) is 0 Å². The Hall–Kier alpha value is -1.26. The lowest BCUT2D eigenvalue weighted by atomic mass is 10.2. The first-order valence-electron chi connectivity index (χ1n) is 5.29. The summed E-state index contributed by atoms with van der Waals surface area (Å²) in [6.45, 7) is 1.44. The van der Waals surface area contributed by atoms with Gasteiger partial charge in [-0.25, -0.2) is 4.39 Å². The molecule has 0 aliphatic rings. The minimum atomic E-state index is -0.229. The van der Waals surface area contributed by atoms with E-state index in [0.717, 1.165) is 22.1 Å². The Morgan fingerprint density at radius 1 is 1.24 bits per heavy atom. The van der Waals surface area contributed by atoms with Gasteiger partial charge < -0.3 is 5.32 Å². The van der Waals surface area contributed by atoms with Gasteiger partial charge in [-0.1, -0.05) is 28.1 Å². The third kappa shape index (κ3) is 3.61. The van der Waals surface area contributed by atoms with Crippen LogP contribution in [0.25, 0.3) is 0 Å². The number of nitrogens with zero attached hydrogens (tertiary/aromatic N) is 1. The second kappa shape index (κ2) is 5.89. The van der Waals surface area contributed by atoms with Gasteiger partial charge in [0.1, 0.15) is 5.82 Å². The van der Waals surface area contributed by atoms with Crippen molar-refractivity contribution in [3.8, 4) is 0 Å². The van der Waals surface area contributed by atoms with Gasteiger partial charge in [0.05, 0.1) is 0 Å². The molecule has 4 heteroatoms. The van der Waals surface area contributed by atoms with Crippen LogP contribution in [0.1, 0.15) is 11.1 Å². The van der Waals surface area contributed by atoms with Gasteiger partial charge in [-0.2, -0.15) is 0 Å². The van der Waals surface area contributed by atoms with E-state index in [-0.39, 0.29) is 5.82 Å². The molecular weight excluding hydrogens is 283 g/mol. The van der Waals surface area contributed by atoms with Crippen molar-refractivity contribution in [1.29, 1.82) is 0 Å². The van der Waals surface area contributed by atoms with E-state index in [2.05, 4.69) is 26.2 Å². The van der Waals surface area contributed by atoms with Gasteiger partial charge in [0.15, 0.2) is 0 Å². The molecule has 0 amide bonds. The quantitative estimate of drug-likeness (QED) is 0.936. The molecule has 0 saturated heterocycles. The molecule has 1 heterocycles. The van der Waals surface area contributed by atoms with E-state index >= 15 is 0 Å². The number of nitrogens with one attached hydrogen (secondary N) is 1. The summed E-state index contributed by atoms with van der Waals surface area (Å²) >= 11 is 3.34. The molecule has 0 atom stereocenters. The van der Waals surface area contributed by atoms with Crippen molar-refractivity contribution >= 4 is 15.9 Å². The highest BCUT2D eigenvalue weighted by atomic mass is 79.9. The topological polar surface area (TPSA) is 24.9 Å². The molecule has 1 aromatic carbocycles. The normalized spacial score (nSPS) is 10.5. The van der Waals surface area contributed by atoms with Crippen LogP contribution in [0.3, 0.4) is 0 Å². The van der Waals surface area contributed by atoms with Crippen molar-refractivity contribution in [2.24, 2.45) is 0 Å². The van der Waals surface area contributed by atoms with Crippen molar-refractivity contribution in [3.05, 3.63) is 64.1 Å². The smallest absolute Gasteiger partial charge is 0.124 e. The van der Waals surface area contributed by atoms with Gasteiger partial charge in [-0.15, -0.1) is 0 Å². The highest BCUT2D eigenvalue weighted by Gasteiger charge is 2.01. The maximum atomic E-state index is 12.9. The third-order valence-electron chi connectivity index (χ3n) is 2.38. The molecular formula is C13H12BrFN2. The highest BCUT2D eigenvalue weighted by Crippen LogP contribution is 2.17. The molecule has 0 bridgehead atoms. The molecule has 0 fully saturated rings. The molecule has 88 valence electrons. The molecule has 1 aromatic heterocycles. The van der Waals surface area contributed by atoms with Crippen LogP contribution in [0.5, 0.6) is 0 Å². The van der Waals surface area contributed by atoms with Gasteiger partial charge in [0.25, 0.3) is 0 Å². The zero-order chi connectivity index (χ0) is 12.1. The number of benzene rings is 1. The van der Waals surface area contributed by atoms with Gasteiger partial charge in [0, 0.05) is 30.0 Å². The molecule has 0 aliphatic carbocycles. The second-order valence-electron chi connectivity index (χ2n) is 3.70. The SMILES string of the molecule is Fc1ccc(CNCc2cccnc2)c(Br)c1. The molecule has 2 aromatic rings. The number of halogens is 2. The predicted octanol–water partition coefficient (Wildman–Crippen LogP) is 3.27. The second-order valence-corrected chi connectivity index (χ2v) is 4.55. The van der Waals surface area contributed by atoms with Crippen LogP contribution in [0, 0.1) is 5.82 Å². The van der Waals surface area contributed by atoms with Crippen molar-refractivity contribution in [3.63, 3.8) is 0 Å². The number of pyridine rings is 1. The lowest BCUT2D eigenvalue weighted by Crippen LogP contribution is -2.13. The standard InChI is InChI=1S/C13H12BrFN2/c14-13-6-12(15)4-3-11(13)9-17-8-10-2-1-5-16-7-10/h1-7,17H,8-9H2. The van der Waals surface area contributed by atoms with Gasteiger partial charge in [-0.05, 0) is 29.3 Å². The Kier molecular flexibility index (Phi) is 4.23. The first-order chi connectivity index (χ1) is 8.25. The number of aromatic nitrogens is 1. The summed E-state index contributed by atoms with van der Waals surface area (Å²) in [5.41, 5.74) is 2.17. The average Bonchev–Trinajstić information content (AvgIpc) is 2.33. The Bertz CT molecular complexity index is 488. The molecule has 2 rings (SSSR count). The minimum Gasteiger partial charge on any atom is -0.309 e. The summed E-state index contributed by atoms with van der Waals surface area (Å²) in [5.74, 6) is -0.229. The van der Waals surface area contributed by atoms with Crippen LogP contribution in [0.2, 0.25) is 0 Å². The zero-order valence-electron chi connectivity index (χ0n) is 9.16. The molecule has 17 heavy (non-hydrogen) atoms. The largest absolute Gasteiger partial charge is 0.309 e. The molecule has 0 saturated carbocycles. The zero-order valence-corrected chi connectivity index (χ0v) is 10.7. The monoisotopic (exact) mass is 294 g/mol. The first kappa shape index (κ1) is 12.2. The van der Waals surface area contributed by atoms with E-state index in [0.29, 0.717) is 6.54 Å². The lowest BCUT2D eigenvalue weighted by molar-refractivity contribution is 0.623. The van der Waals surface area contributed by atoms with Crippen LogP contribution in [-0.4, -0.2) is 4.98 Å². The van der Waals surface area contributed by atoms with E-state index in [1.165, 1.54) is 12.1 Å². The van der Waals surface area contributed by atoms with E-state index in [4.69, 9.17) is 0 Å². The van der Waals surface area contributed by atoms with Crippen LogP contribution in [0.15, 0.2) is 47.2 Å². The van der Waals surface area contributed by atoms with Crippen molar-refractivity contribution in [1.82, 2.24) is 10.3 Å². The van der Waals surface area contributed by atoms with E-state index in [1.807, 2.05) is 18.3 Å². The summed E-state index contributed by atoms with van der Waals surface area (Å²) in [7, 11) is 0. The first-order valence-corrected chi connectivity index (χ1v) is 6.08. The molecule has 0 unspecified atom stereocenters. The van der Waals surface area contributed by atoms with Gasteiger partial charge in [-0.3, -0.25) is 4.98 Å². The Morgan fingerprint density at radius 3 is 2.82 bits per heavy atom. The summed E-state index contributed by atoms with van der Waals surface area (Å²) in [4.78, 5) is 4.04. The number of hydrogen-bond donors (Lipinski definition) is 1.